The third-order valence-electron chi connectivity index (χ3n) is 9.05. The molecular formula is C36H30BNO3. The molecule has 1 saturated heterocycles. The summed E-state index contributed by atoms with van der Waals surface area (Å²) < 4.78 is 21.6. The number of aromatic nitrogens is 1. The molecule has 0 aliphatic carbocycles. The number of rotatable bonds is 3. The van der Waals surface area contributed by atoms with Gasteiger partial charge in [-0.25, -0.2) is 0 Å². The molecule has 41 heavy (non-hydrogen) atoms. The first-order valence-corrected chi connectivity index (χ1v) is 14.2. The molecule has 3 heterocycles. The van der Waals surface area contributed by atoms with Crippen LogP contribution in [0.4, 0.5) is 0 Å². The molecule has 0 bridgehead atoms. The summed E-state index contributed by atoms with van der Waals surface area (Å²) in [5.41, 5.74) is 7.72. The lowest BCUT2D eigenvalue weighted by atomic mass is 9.76. The van der Waals surface area contributed by atoms with Gasteiger partial charge in [0, 0.05) is 27.2 Å². The molecule has 0 amide bonds. The lowest BCUT2D eigenvalue weighted by Gasteiger charge is -2.32. The maximum Gasteiger partial charge on any atom is 0.495 e. The summed E-state index contributed by atoms with van der Waals surface area (Å²) in [6, 6.07) is 38.6. The summed E-state index contributed by atoms with van der Waals surface area (Å²) >= 11 is 0. The predicted molar refractivity (Wildman–Crippen MR) is 169 cm³/mol. The number of hydrogen-bond acceptors (Lipinski definition) is 3. The minimum absolute atomic E-state index is 0.418. The van der Waals surface area contributed by atoms with Crippen molar-refractivity contribution in [2.75, 3.05) is 0 Å². The largest absolute Gasteiger partial charge is 0.495 e. The van der Waals surface area contributed by atoms with E-state index in [9.17, 15) is 0 Å². The van der Waals surface area contributed by atoms with E-state index in [2.05, 4.69) is 129 Å². The van der Waals surface area contributed by atoms with Crippen LogP contribution in [0.2, 0.25) is 0 Å². The molecule has 0 radical (unpaired) electrons. The van der Waals surface area contributed by atoms with Gasteiger partial charge in [0.1, 0.15) is 11.2 Å². The molecule has 0 atom stereocenters. The van der Waals surface area contributed by atoms with Crippen molar-refractivity contribution in [2.45, 2.75) is 38.9 Å². The van der Waals surface area contributed by atoms with Gasteiger partial charge < -0.3 is 18.3 Å². The van der Waals surface area contributed by atoms with Gasteiger partial charge in [-0.1, -0.05) is 60.7 Å². The van der Waals surface area contributed by atoms with E-state index in [-0.39, 0.29) is 0 Å². The molecule has 1 fully saturated rings. The van der Waals surface area contributed by atoms with E-state index >= 15 is 0 Å². The Morgan fingerprint density at radius 3 is 2.00 bits per heavy atom. The zero-order valence-electron chi connectivity index (χ0n) is 23.6. The zero-order chi connectivity index (χ0) is 27.9. The normalized spacial score (nSPS) is 16.4. The predicted octanol–water partition coefficient (Wildman–Crippen LogP) is 8.65. The second kappa shape index (κ2) is 8.59. The van der Waals surface area contributed by atoms with Crippen LogP contribution in [-0.2, 0) is 9.31 Å². The molecule has 0 saturated carbocycles. The van der Waals surface area contributed by atoms with E-state index in [0.717, 1.165) is 44.2 Å². The van der Waals surface area contributed by atoms with Gasteiger partial charge in [0.05, 0.1) is 22.2 Å². The van der Waals surface area contributed by atoms with Crippen molar-refractivity contribution < 1.29 is 13.7 Å². The Balaban J connectivity index is 1.30. The maximum atomic E-state index is 6.45. The Morgan fingerprint density at radius 1 is 0.561 bits per heavy atom. The molecule has 0 unspecified atom stereocenters. The van der Waals surface area contributed by atoms with Crippen molar-refractivity contribution in [3.05, 3.63) is 109 Å². The van der Waals surface area contributed by atoms with Crippen LogP contribution in [0.3, 0.4) is 0 Å². The van der Waals surface area contributed by atoms with Crippen LogP contribution in [0.1, 0.15) is 27.7 Å². The number of nitrogens with zero attached hydrogens (tertiary/aromatic N) is 1. The number of para-hydroxylation sites is 2. The van der Waals surface area contributed by atoms with Crippen molar-refractivity contribution in [3.8, 4) is 16.8 Å². The fourth-order valence-electron chi connectivity index (χ4n) is 6.21. The highest BCUT2D eigenvalue weighted by molar-refractivity contribution is 6.66. The van der Waals surface area contributed by atoms with Crippen LogP contribution in [0, 0.1) is 0 Å². The van der Waals surface area contributed by atoms with Gasteiger partial charge in [-0.15, -0.1) is 0 Å². The lowest BCUT2D eigenvalue weighted by Crippen LogP contribution is -2.41. The Morgan fingerprint density at radius 2 is 1.22 bits per heavy atom. The van der Waals surface area contributed by atoms with Crippen molar-refractivity contribution in [3.63, 3.8) is 0 Å². The number of hydrogen-bond donors (Lipinski definition) is 0. The van der Waals surface area contributed by atoms with E-state index in [1.807, 2.05) is 12.1 Å². The maximum absolute atomic E-state index is 6.45. The molecule has 2 aromatic heterocycles. The second-order valence-corrected chi connectivity index (χ2v) is 12.0. The van der Waals surface area contributed by atoms with Crippen molar-refractivity contribution in [1.29, 1.82) is 0 Å². The van der Waals surface area contributed by atoms with Gasteiger partial charge in [-0.3, -0.25) is 0 Å². The highest BCUT2D eigenvalue weighted by Crippen LogP contribution is 2.39. The first-order chi connectivity index (χ1) is 19.8. The van der Waals surface area contributed by atoms with Crippen molar-refractivity contribution in [2.24, 2.45) is 0 Å². The average Bonchev–Trinajstić information content (AvgIpc) is 3.59. The monoisotopic (exact) mass is 535 g/mol. The summed E-state index contributed by atoms with van der Waals surface area (Å²) in [4.78, 5) is 0. The smallest absolute Gasteiger partial charge is 0.456 e. The summed E-state index contributed by atoms with van der Waals surface area (Å²) in [5, 5.41) is 4.59. The number of furan rings is 1. The molecule has 5 aromatic carbocycles. The van der Waals surface area contributed by atoms with Gasteiger partial charge in [0.25, 0.3) is 0 Å². The van der Waals surface area contributed by atoms with E-state index in [1.165, 1.54) is 21.8 Å². The summed E-state index contributed by atoms with van der Waals surface area (Å²) in [6.07, 6.45) is 0. The Hall–Kier alpha value is -4.32. The van der Waals surface area contributed by atoms with Crippen LogP contribution in [-0.4, -0.2) is 22.9 Å². The quantitative estimate of drug-likeness (QED) is 0.213. The van der Waals surface area contributed by atoms with Gasteiger partial charge in [0.15, 0.2) is 0 Å². The highest BCUT2D eigenvalue weighted by Gasteiger charge is 2.52. The molecule has 4 nitrogen and oxygen atoms in total. The van der Waals surface area contributed by atoms with E-state index in [0.29, 0.717) is 0 Å². The van der Waals surface area contributed by atoms with Crippen LogP contribution >= 0.6 is 0 Å². The van der Waals surface area contributed by atoms with E-state index < -0.39 is 18.3 Å². The molecule has 1 aliphatic rings. The van der Waals surface area contributed by atoms with Crippen LogP contribution in [0.25, 0.3) is 60.6 Å². The SMILES string of the molecule is CC1(C)OB(c2cccc3oc4ccc(-c5ccc6c(c5)c5ccccc5n6-c5ccccc5)cc4c23)OC1(C)C. The van der Waals surface area contributed by atoms with Crippen molar-refractivity contribution >= 4 is 56.3 Å². The van der Waals surface area contributed by atoms with Gasteiger partial charge in [-0.05, 0) is 92.8 Å². The van der Waals surface area contributed by atoms with Crippen LogP contribution < -0.4 is 5.46 Å². The number of fused-ring (bicyclic) bond motifs is 6. The first-order valence-electron chi connectivity index (χ1n) is 14.2. The topological polar surface area (TPSA) is 36.5 Å². The van der Waals surface area contributed by atoms with Gasteiger partial charge in [0.2, 0.25) is 0 Å². The Labute approximate surface area is 239 Å². The van der Waals surface area contributed by atoms with Crippen LogP contribution in [0.15, 0.2) is 114 Å². The van der Waals surface area contributed by atoms with E-state index in [1.54, 1.807) is 0 Å². The standard InChI is InChI=1S/C36H30BNO3/c1-35(2)36(3,4)41-37(40-35)29-14-10-16-33-34(29)28-22-24(18-20-32(28)39-33)23-17-19-31-27(21-23)26-13-8-9-15-30(26)38(31)25-11-6-5-7-12-25/h5-22H,1-4H3. The molecule has 0 spiro atoms. The average molecular weight is 535 g/mol. The zero-order valence-corrected chi connectivity index (χ0v) is 23.6. The summed E-state index contributed by atoms with van der Waals surface area (Å²) in [5.74, 6) is 0. The lowest BCUT2D eigenvalue weighted by molar-refractivity contribution is 0.00578. The molecular weight excluding hydrogens is 505 g/mol. The molecule has 8 rings (SSSR count). The third-order valence-corrected chi connectivity index (χ3v) is 9.05. The molecule has 0 N–H and O–H groups in total. The molecule has 5 heteroatoms. The Kier molecular flexibility index (Phi) is 5.13. The second-order valence-electron chi connectivity index (χ2n) is 12.0. The first kappa shape index (κ1) is 24.5. The minimum Gasteiger partial charge on any atom is -0.456 e. The Bertz CT molecular complexity index is 2100. The fourth-order valence-corrected chi connectivity index (χ4v) is 6.21. The van der Waals surface area contributed by atoms with E-state index in [4.69, 9.17) is 13.7 Å². The van der Waals surface area contributed by atoms with Crippen LogP contribution in [0.5, 0.6) is 0 Å². The van der Waals surface area contributed by atoms with Crippen molar-refractivity contribution in [1.82, 2.24) is 4.57 Å². The summed E-state index contributed by atoms with van der Waals surface area (Å²) in [7, 11) is -0.464. The van der Waals surface area contributed by atoms with Gasteiger partial charge >= 0.3 is 7.12 Å². The highest BCUT2D eigenvalue weighted by atomic mass is 16.7. The fraction of sp³-hybridized carbons (Fsp3) is 0.167. The molecule has 1 aliphatic heterocycles. The third kappa shape index (κ3) is 3.63. The number of benzene rings is 5. The molecule has 7 aromatic rings. The van der Waals surface area contributed by atoms with Gasteiger partial charge in [-0.2, -0.15) is 0 Å². The minimum atomic E-state index is -0.464. The molecule has 200 valence electrons. The summed E-state index contributed by atoms with van der Waals surface area (Å²) in [6.45, 7) is 8.35.